The molecule has 0 amide bonds. The van der Waals surface area contributed by atoms with Crippen molar-refractivity contribution < 1.29 is 5.11 Å². The van der Waals surface area contributed by atoms with Crippen molar-refractivity contribution in [2.45, 2.75) is 19.4 Å². The molecule has 3 N–H and O–H groups in total. The summed E-state index contributed by atoms with van der Waals surface area (Å²) in [6.45, 7) is 2.42. The Balaban J connectivity index is 2.83. The zero-order valence-corrected chi connectivity index (χ0v) is 3.98. The van der Waals surface area contributed by atoms with Crippen molar-refractivity contribution in [1.29, 1.82) is 1.43 Å². The summed E-state index contributed by atoms with van der Waals surface area (Å²) < 4.78 is 6.36. The van der Waals surface area contributed by atoms with Crippen LogP contribution in [-0.4, -0.2) is 19.2 Å². The normalized spacial score (nSPS) is 16.7. The summed E-state index contributed by atoms with van der Waals surface area (Å²) in [6, 6.07) is 0. The summed E-state index contributed by atoms with van der Waals surface area (Å²) in [4.78, 5) is 0. The van der Waals surface area contributed by atoms with Crippen LogP contribution in [0.4, 0.5) is 0 Å². The fourth-order valence-electron chi connectivity index (χ4n) is 0.235. The van der Waals surface area contributed by atoms with Crippen molar-refractivity contribution in [2.24, 2.45) is 5.73 Å². The lowest BCUT2D eigenvalue weighted by Crippen LogP contribution is -2.08. The van der Waals surface area contributed by atoms with Crippen LogP contribution in [0.1, 0.15) is 13.3 Å². The number of rotatable bonds is 3. The molecule has 0 saturated heterocycles. The smallest absolute Gasteiger partial charge is 0.210 e. The third-order valence-electron chi connectivity index (χ3n) is 0.573. The Bertz CT molecular complexity index is 42.7. The van der Waals surface area contributed by atoms with Gasteiger partial charge < -0.3 is 10.8 Å². The third-order valence-corrected chi connectivity index (χ3v) is 0.573. The largest absolute Gasteiger partial charge is 0.393 e. The van der Waals surface area contributed by atoms with Crippen LogP contribution in [0.25, 0.3) is 0 Å². The molecule has 0 fully saturated rings. The SMILES string of the molecule is [3H]OC(C)CCN. The molecule has 1 unspecified atom stereocenters. The second-order valence-electron chi connectivity index (χ2n) is 1.39. The van der Waals surface area contributed by atoms with Gasteiger partial charge in [0.2, 0.25) is 1.43 Å². The molecular formula is C4H11NO. The number of hydrogen-bond acceptors (Lipinski definition) is 2. The first-order valence-electron chi connectivity index (χ1n) is 2.54. The van der Waals surface area contributed by atoms with Crippen molar-refractivity contribution in [3.63, 3.8) is 0 Å². The first kappa shape index (κ1) is 4.09. The van der Waals surface area contributed by atoms with E-state index in [4.69, 9.17) is 7.16 Å². The summed E-state index contributed by atoms with van der Waals surface area (Å²) in [6.07, 6.45) is 0.758. The van der Waals surface area contributed by atoms with Gasteiger partial charge >= 0.3 is 0 Å². The Morgan fingerprint density at radius 1 is 2.17 bits per heavy atom. The molecule has 0 rings (SSSR count). The highest BCUT2D eigenvalue weighted by Crippen LogP contribution is 1.81. The van der Waals surface area contributed by atoms with E-state index >= 15 is 0 Å². The van der Waals surface area contributed by atoms with E-state index in [9.17, 15) is 0 Å². The van der Waals surface area contributed by atoms with Gasteiger partial charge in [0.05, 0.1) is 6.10 Å². The molecule has 0 aliphatic rings. The lowest BCUT2D eigenvalue weighted by Gasteiger charge is -1.95. The van der Waals surface area contributed by atoms with Crippen molar-refractivity contribution in [1.82, 2.24) is 0 Å². The third kappa shape index (κ3) is 3.92. The van der Waals surface area contributed by atoms with Crippen molar-refractivity contribution >= 4 is 0 Å². The summed E-state index contributed by atoms with van der Waals surface area (Å²) in [5.74, 6) is 0. The molecule has 2 nitrogen and oxygen atoms in total. The molecule has 6 heavy (non-hydrogen) atoms. The average Bonchev–Trinajstić information content (AvgIpc) is 1.68. The maximum Gasteiger partial charge on any atom is 0.210 e. The molecule has 0 aliphatic heterocycles. The van der Waals surface area contributed by atoms with Crippen LogP contribution in [0.5, 0.6) is 0 Å². The van der Waals surface area contributed by atoms with Crippen LogP contribution in [0, 0.1) is 0 Å². The van der Waals surface area contributed by atoms with Crippen LogP contribution in [-0.2, 0) is 0 Å². The zero-order chi connectivity index (χ0) is 5.70. The standard InChI is InChI=1S/C4H11NO/c1-4(6)2-3-5/h4,6H,2-3,5H2,1H3/i6T. The second-order valence-corrected chi connectivity index (χ2v) is 1.39. The first-order chi connectivity index (χ1) is 3.31. The van der Waals surface area contributed by atoms with Gasteiger partial charge in [-0.3, -0.25) is 0 Å². The predicted molar refractivity (Wildman–Crippen MR) is 25.4 cm³/mol. The molecule has 2 heteroatoms. The summed E-state index contributed by atoms with van der Waals surface area (Å²) in [7, 11) is 0. The van der Waals surface area contributed by atoms with E-state index in [2.05, 4.69) is 5.11 Å². The molecule has 0 radical (unpaired) electrons. The molecule has 0 aromatic heterocycles. The fourth-order valence-corrected chi connectivity index (χ4v) is 0.235. The van der Waals surface area contributed by atoms with E-state index in [-0.39, 0.29) is 6.10 Å². The van der Waals surface area contributed by atoms with Crippen LogP contribution < -0.4 is 5.73 Å². The van der Waals surface area contributed by atoms with E-state index in [1.54, 1.807) is 0 Å². The van der Waals surface area contributed by atoms with E-state index < -0.39 is 0 Å². The highest BCUT2D eigenvalue weighted by molar-refractivity contribution is 4.43. The van der Waals surface area contributed by atoms with Gasteiger partial charge in [-0.2, -0.15) is 0 Å². The van der Waals surface area contributed by atoms with E-state index in [1.165, 1.54) is 0 Å². The van der Waals surface area contributed by atoms with Gasteiger partial charge in [0.1, 0.15) is 0 Å². The molecule has 1 atom stereocenters. The van der Waals surface area contributed by atoms with Crippen LogP contribution in [0.15, 0.2) is 0 Å². The quantitative estimate of drug-likeness (QED) is 0.501. The minimum Gasteiger partial charge on any atom is -0.393 e. The first-order valence-corrected chi connectivity index (χ1v) is 2.13. The molecule has 0 spiro atoms. The molecular weight excluding hydrogens is 78.0 g/mol. The Kier molecular flexibility index (Phi) is 2.13. The van der Waals surface area contributed by atoms with Gasteiger partial charge in [0.15, 0.2) is 0 Å². The lowest BCUT2D eigenvalue weighted by molar-refractivity contribution is 0.187. The summed E-state index contributed by atoms with van der Waals surface area (Å²) in [5.41, 5.74) is 5.14. The van der Waals surface area contributed by atoms with Crippen molar-refractivity contribution in [3.05, 3.63) is 0 Å². The molecule has 38 valence electrons. The predicted octanol–water partition coefficient (Wildman–Crippen LogP) is -0.284. The highest BCUT2D eigenvalue weighted by atomic mass is 16.3. The highest BCUT2D eigenvalue weighted by Gasteiger charge is 1.87. The summed E-state index contributed by atoms with van der Waals surface area (Å²) >= 11 is 0. The molecule has 0 aromatic carbocycles. The molecule has 0 heterocycles. The Labute approximate surface area is 39.5 Å². The van der Waals surface area contributed by atoms with Crippen LogP contribution in [0.3, 0.4) is 0 Å². The summed E-state index contributed by atoms with van der Waals surface area (Å²) in [5, 5.41) is 4.16. The minimum absolute atomic E-state index is 0.00926. The van der Waals surface area contributed by atoms with Gasteiger partial charge in [-0.05, 0) is 19.9 Å². The fraction of sp³-hybridized carbons (Fsp3) is 1.00. The van der Waals surface area contributed by atoms with Crippen molar-refractivity contribution in [3.8, 4) is 0 Å². The molecule has 0 aliphatic carbocycles. The van der Waals surface area contributed by atoms with Crippen LogP contribution >= 0.6 is 0 Å². The second kappa shape index (κ2) is 3.12. The van der Waals surface area contributed by atoms with E-state index in [1.807, 2.05) is 6.92 Å². The van der Waals surface area contributed by atoms with Gasteiger partial charge in [-0.15, -0.1) is 0 Å². The van der Waals surface area contributed by atoms with Gasteiger partial charge in [-0.25, -0.2) is 0 Å². The zero-order valence-electron chi connectivity index (χ0n) is 4.98. The van der Waals surface area contributed by atoms with E-state index in [0.717, 1.165) is 6.42 Å². The molecule has 0 saturated carbocycles. The average molecular weight is 91.1 g/mol. The Morgan fingerprint density at radius 3 is 3.00 bits per heavy atom. The molecule has 0 aromatic rings. The maximum absolute atomic E-state index is 6.36. The van der Waals surface area contributed by atoms with Gasteiger partial charge in [0, 0.05) is 0 Å². The van der Waals surface area contributed by atoms with E-state index in [0.29, 0.717) is 6.54 Å². The van der Waals surface area contributed by atoms with Gasteiger partial charge in [-0.1, -0.05) is 0 Å². The molecule has 0 bridgehead atoms. The number of aliphatic hydroxyl groups excluding tert-OH is 1. The topological polar surface area (TPSA) is 46.2 Å². The van der Waals surface area contributed by atoms with Crippen LogP contribution in [0.2, 0.25) is 0 Å². The Hall–Kier alpha value is -0.0800. The van der Waals surface area contributed by atoms with Gasteiger partial charge in [0.25, 0.3) is 0 Å². The minimum atomic E-state index is -0.00926. The number of aliphatic hydroxyl groups is 1. The Morgan fingerprint density at radius 2 is 2.83 bits per heavy atom. The monoisotopic (exact) mass is 91.1 g/mol. The lowest BCUT2D eigenvalue weighted by atomic mass is 10.3. The number of hydrogen-bond donors (Lipinski definition) is 2. The number of nitrogens with two attached hydrogens (primary N) is 1. The maximum atomic E-state index is 6.36. The van der Waals surface area contributed by atoms with Crippen molar-refractivity contribution in [2.75, 3.05) is 6.54 Å².